The molecule has 1 atom stereocenters. The molecule has 0 aliphatic carbocycles. The number of anilines is 1. The maximum Gasteiger partial charge on any atom is 0.328 e. The number of primary amides is 1. The molecule has 0 bridgehead atoms. The van der Waals surface area contributed by atoms with Crippen molar-refractivity contribution in [3.05, 3.63) is 58.8 Å². The predicted octanol–water partition coefficient (Wildman–Crippen LogP) is 0.730. The number of nitrogens with two attached hydrogens (primary N) is 1. The monoisotopic (exact) mass is 422 g/mol. The molecule has 3 aromatic rings. The Bertz CT molecular complexity index is 1200. The Balaban J connectivity index is 1.50. The van der Waals surface area contributed by atoms with Gasteiger partial charge in [0.2, 0.25) is 11.8 Å². The largest absolute Gasteiger partial charge is 0.369 e. The highest BCUT2D eigenvalue weighted by atomic mass is 16.2. The summed E-state index contributed by atoms with van der Waals surface area (Å²) in [6.07, 6.45) is 3.00. The molecule has 1 fully saturated rings. The number of aromatic nitrogens is 3. The van der Waals surface area contributed by atoms with Gasteiger partial charge < -0.3 is 11.1 Å². The molecular formula is C22H26N6O3. The van der Waals surface area contributed by atoms with Crippen LogP contribution < -0.4 is 16.7 Å². The molecule has 162 valence electrons. The quantitative estimate of drug-likeness (QED) is 0.629. The van der Waals surface area contributed by atoms with Crippen LogP contribution >= 0.6 is 0 Å². The number of hydrogen-bond donors (Lipinski definition) is 2. The molecule has 0 saturated carbocycles. The third-order valence-electron chi connectivity index (χ3n) is 6.12. The number of carbonyl (C=O) groups excluding carboxylic acids is 2. The summed E-state index contributed by atoms with van der Waals surface area (Å²) in [6.45, 7) is 1.17. The van der Waals surface area contributed by atoms with Gasteiger partial charge in [-0.3, -0.25) is 28.6 Å². The standard InChI is InChI=1S/C22H26N6O3/c1-26-16-8-7-15(12-17(16)27(2)21(26)31)25-19(29)13-28-11-5-9-22(14-28,20(23)30)18-6-3-4-10-24-18/h3-4,6-8,10,12H,5,9,11,13-14H2,1-2H3,(H2,23,30)(H,25,29)/t22-/m1/s1. The van der Waals surface area contributed by atoms with Gasteiger partial charge in [0.05, 0.1) is 23.3 Å². The third-order valence-corrected chi connectivity index (χ3v) is 6.12. The van der Waals surface area contributed by atoms with Gasteiger partial charge in [0, 0.05) is 32.5 Å². The van der Waals surface area contributed by atoms with Crippen molar-refractivity contribution in [2.45, 2.75) is 18.3 Å². The van der Waals surface area contributed by atoms with Gasteiger partial charge in [-0.25, -0.2) is 4.79 Å². The van der Waals surface area contributed by atoms with E-state index in [1.807, 2.05) is 23.1 Å². The molecule has 1 aromatic carbocycles. The predicted molar refractivity (Wildman–Crippen MR) is 118 cm³/mol. The van der Waals surface area contributed by atoms with Crippen molar-refractivity contribution in [1.29, 1.82) is 0 Å². The highest BCUT2D eigenvalue weighted by Crippen LogP contribution is 2.32. The number of hydrogen-bond acceptors (Lipinski definition) is 5. The first kappa shape index (κ1) is 20.8. The molecule has 3 N–H and O–H groups in total. The van der Waals surface area contributed by atoms with Crippen LogP contribution in [-0.2, 0) is 29.1 Å². The number of carbonyl (C=O) groups is 2. The second-order valence-corrected chi connectivity index (χ2v) is 8.13. The minimum absolute atomic E-state index is 0.121. The van der Waals surface area contributed by atoms with Crippen molar-refractivity contribution in [3.8, 4) is 0 Å². The first-order valence-electron chi connectivity index (χ1n) is 10.2. The molecule has 0 unspecified atom stereocenters. The minimum atomic E-state index is -0.902. The van der Waals surface area contributed by atoms with Crippen molar-refractivity contribution in [2.24, 2.45) is 19.8 Å². The number of nitrogens with one attached hydrogen (secondary N) is 1. The lowest BCUT2D eigenvalue weighted by atomic mass is 9.76. The van der Waals surface area contributed by atoms with Crippen molar-refractivity contribution < 1.29 is 9.59 Å². The number of fused-ring (bicyclic) bond motifs is 1. The lowest BCUT2D eigenvalue weighted by Crippen LogP contribution is -2.55. The smallest absolute Gasteiger partial charge is 0.328 e. The van der Waals surface area contributed by atoms with Crippen LogP contribution in [0.25, 0.3) is 11.0 Å². The Morgan fingerprint density at radius 1 is 1.16 bits per heavy atom. The SMILES string of the molecule is Cn1c(=O)n(C)c2cc(NC(=O)CN3CCC[C@](C(N)=O)(c4ccccn4)C3)ccc21. The fourth-order valence-corrected chi connectivity index (χ4v) is 4.45. The van der Waals surface area contributed by atoms with E-state index in [2.05, 4.69) is 10.3 Å². The van der Waals surface area contributed by atoms with Crippen molar-refractivity contribution >= 4 is 28.5 Å². The molecule has 9 heteroatoms. The van der Waals surface area contributed by atoms with Gasteiger partial charge in [-0.05, 0) is 49.7 Å². The Morgan fingerprint density at radius 3 is 2.65 bits per heavy atom. The van der Waals surface area contributed by atoms with E-state index in [0.29, 0.717) is 30.9 Å². The topological polar surface area (TPSA) is 115 Å². The normalized spacial score (nSPS) is 19.4. The molecule has 2 aromatic heterocycles. The van der Waals surface area contributed by atoms with E-state index in [0.717, 1.165) is 17.5 Å². The molecule has 0 spiro atoms. The van der Waals surface area contributed by atoms with Gasteiger partial charge in [-0.15, -0.1) is 0 Å². The molecule has 1 saturated heterocycles. The molecule has 3 heterocycles. The van der Waals surface area contributed by atoms with Gasteiger partial charge in [0.15, 0.2) is 0 Å². The van der Waals surface area contributed by atoms with Gasteiger partial charge in [0.25, 0.3) is 0 Å². The number of piperidine rings is 1. The zero-order valence-electron chi connectivity index (χ0n) is 17.7. The number of rotatable bonds is 5. The summed E-state index contributed by atoms with van der Waals surface area (Å²) in [5.74, 6) is -0.617. The number of nitrogens with zero attached hydrogens (tertiary/aromatic N) is 4. The van der Waals surface area contributed by atoms with Crippen LogP contribution in [0.5, 0.6) is 0 Å². The number of aryl methyl sites for hydroxylation is 2. The first-order chi connectivity index (χ1) is 14.8. The molecule has 0 radical (unpaired) electrons. The van der Waals surface area contributed by atoms with Crippen LogP contribution in [0, 0.1) is 0 Å². The van der Waals surface area contributed by atoms with Crippen molar-refractivity contribution in [3.63, 3.8) is 0 Å². The Hall–Kier alpha value is -3.46. The molecule has 9 nitrogen and oxygen atoms in total. The summed E-state index contributed by atoms with van der Waals surface area (Å²) >= 11 is 0. The van der Waals surface area contributed by atoms with Crippen molar-refractivity contribution in [1.82, 2.24) is 19.0 Å². The van der Waals surface area contributed by atoms with E-state index in [9.17, 15) is 14.4 Å². The van der Waals surface area contributed by atoms with Gasteiger partial charge in [-0.1, -0.05) is 6.07 Å². The highest BCUT2D eigenvalue weighted by Gasteiger charge is 2.43. The first-order valence-corrected chi connectivity index (χ1v) is 10.2. The Kier molecular flexibility index (Phi) is 5.36. The average Bonchev–Trinajstić information content (AvgIpc) is 2.98. The van der Waals surface area contributed by atoms with Crippen LogP contribution in [0.3, 0.4) is 0 Å². The minimum Gasteiger partial charge on any atom is -0.369 e. The van der Waals surface area contributed by atoms with E-state index < -0.39 is 11.3 Å². The molecule has 1 aliphatic rings. The van der Waals surface area contributed by atoms with Gasteiger partial charge in [0.1, 0.15) is 5.41 Å². The second kappa shape index (κ2) is 7.99. The van der Waals surface area contributed by atoms with E-state index >= 15 is 0 Å². The van der Waals surface area contributed by atoms with E-state index in [1.54, 1.807) is 47.6 Å². The molecule has 2 amide bonds. The zero-order chi connectivity index (χ0) is 22.2. The van der Waals surface area contributed by atoms with Crippen molar-refractivity contribution in [2.75, 3.05) is 25.0 Å². The van der Waals surface area contributed by atoms with Crippen LogP contribution in [0.1, 0.15) is 18.5 Å². The van der Waals surface area contributed by atoms with Crippen LogP contribution in [0.4, 0.5) is 5.69 Å². The van der Waals surface area contributed by atoms with Crippen LogP contribution in [0.15, 0.2) is 47.4 Å². The molecular weight excluding hydrogens is 396 g/mol. The van der Waals surface area contributed by atoms with Crippen LogP contribution in [-0.4, -0.2) is 50.5 Å². The average molecular weight is 422 g/mol. The third kappa shape index (κ3) is 3.72. The fourth-order valence-electron chi connectivity index (χ4n) is 4.45. The van der Waals surface area contributed by atoms with Gasteiger partial charge >= 0.3 is 5.69 Å². The van der Waals surface area contributed by atoms with E-state index in [4.69, 9.17) is 5.73 Å². The number of imidazole rings is 1. The second-order valence-electron chi connectivity index (χ2n) is 8.13. The lowest BCUT2D eigenvalue weighted by Gasteiger charge is -2.40. The lowest BCUT2D eigenvalue weighted by molar-refractivity contribution is -0.127. The number of benzene rings is 1. The summed E-state index contributed by atoms with van der Waals surface area (Å²) in [6, 6.07) is 10.8. The summed E-state index contributed by atoms with van der Waals surface area (Å²) in [4.78, 5) is 43.6. The summed E-state index contributed by atoms with van der Waals surface area (Å²) < 4.78 is 3.11. The molecule has 31 heavy (non-hydrogen) atoms. The van der Waals surface area contributed by atoms with E-state index in [1.165, 1.54) is 0 Å². The maximum absolute atomic E-state index is 12.7. The highest BCUT2D eigenvalue weighted by molar-refractivity contribution is 5.94. The molecule has 4 rings (SSSR count). The number of likely N-dealkylation sites (tertiary alicyclic amines) is 1. The Labute approximate surface area is 179 Å². The van der Waals surface area contributed by atoms with Crippen LogP contribution in [0.2, 0.25) is 0 Å². The van der Waals surface area contributed by atoms with E-state index in [-0.39, 0.29) is 18.1 Å². The summed E-state index contributed by atoms with van der Waals surface area (Å²) in [7, 11) is 3.41. The van der Waals surface area contributed by atoms with Gasteiger partial charge in [-0.2, -0.15) is 0 Å². The summed E-state index contributed by atoms with van der Waals surface area (Å²) in [5.41, 5.74) is 7.56. The number of pyridine rings is 1. The maximum atomic E-state index is 12.7. The summed E-state index contributed by atoms with van der Waals surface area (Å²) in [5, 5.41) is 2.90. The number of amides is 2. The Morgan fingerprint density at radius 2 is 1.94 bits per heavy atom. The fraction of sp³-hybridized carbons (Fsp3) is 0.364. The molecule has 1 aliphatic heterocycles. The zero-order valence-corrected chi connectivity index (χ0v) is 17.7.